The van der Waals surface area contributed by atoms with Crippen LogP contribution in [-0.4, -0.2) is 35.5 Å². The number of rotatable bonds is 3. The molecule has 4 nitrogen and oxygen atoms in total. The van der Waals surface area contributed by atoms with Crippen molar-refractivity contribution in [2.75, 3.05) is 13.1 Å². The molecule has 4 heteroatoms. The molecule has 128 valence electrons. The van der Waals surface area contributed by atoms with Gasteiger partial charge in [-0.25, -0.2) is 0 Å². The number of carbonyl (C=O) groups is 2. The number of piperidine rings is 1. The van der Waals surface area contributed by atoms with Crippen LogP contribution in [0.5, 0.6) is 0 Å². The van der Waals surface area contributed by atoms with Crippen LogP contribution in [0.3, 0.4) is 0 Å². The predicted octanol–water partition coefficient (Wildman–Crippen LogP) is 3.25. The number of ether oxygens (including phenoxy) is 1. The number of carbonyl (C=O) groups excluding carboxylic acids is 2. The SMILES string of the molecule is C#Cc1ccc(C(=O)N2CCC(CC(=O)OC(C)(C)C)CC2)cc1. The number of likely N-dealkylation sites (tertiary alicyclic amines) is 1. The van der Waals surface area contributed by atoms with Crippen molar-refractivity contribution in [2.24, 2.45) is 5.92 Å². The zero-order chi connectivity index (χ0) is 17.7. The third-order valence-corrected chi connectivity index (χ3v) is 4.08. The van der Waals surface area contributed by atoms with Crippen LogP contribution in [0.2, 0.25) is 0 Å². The van der Waals surface area contributed by atoms with Crippen LogP contribution in [0.15, 0.2) is 24.3 Å². The largest absolute Gasteiger partial charge is 0.460 e. The molecule has 2 rings (SSSR count). The van der Waals surface area contributed by atoms with Crippen LogP contribution in [-0.2, 0) is 9.53 Å². The second-order valence-corrected chi connectivity index (χ2v) is 7.25. The number of esters is 1. The van der Waals surface area contributed by atoms with Crippen LogP contribution >= 0.6 is 0 Å². The third-order valence-electron chi connectivity index (χ3n) is 4.08. The maximum atomic E-state index is 12.5. The molecule has 1 fully saturated rings. The minimum Gasteiger partial charge on any atom is -0.460 e. The number of benzene rings is 1. The van der Waals surface area contributed by atoms with Crippen molar-refractivity contribution >= 4 is 11.9 Å². The number of hydrogen-bond donors (Lipinski definition) is 0. The summed E-state index contributed by atoms with van der Waals surface area (Å²) in [4.78, 5) is 26.2. The van der Waals surface area contributed by atoms with Crippen LogP contribution in [0.1, 0.15) is 56.0 Å². The molecule has 24 heavy (non-hydrogen) atoms. The van der Waals surface area contributed by atoms with Gasteiger partial charge in [0, 0.05) is 30.6 Å². The molecule has 0 atom stereocenters. The zero-order valence-corrected chi connectivity index (χ0v) is 14.7. The Bertz CT molecular complexity index is 626. The first-order valence-electron chi connectivity index (χ1n) is 8.36. The van der Waals surface area contributed by atoms with E-state index in [0.29, 0.717) is 25.1 Å². The summed E-state index contributed by atoms with van der Waals surface area (Å²) >= 11 is 0. The van der Waals surface area contributed by atoms with Crippen LogP contribution < -0.4 is 0 Å². The predicted molar refractivity (Wildman–Crippen MR) is 93.5 cm³/mol. The van der Waals surface area contributed by atoms with Gasteiger partial charge < -0.3 is 9.64 Å². The molecule has 0 N–H and O–H groups in total. The lowest BCUT2D eigenvalue weighted by atomic mass is 9.93. The van der Waals surface area contributed by atoms with Gasteiger partial charge in [0.1, 0.15) is 5.60 Å². The number of amides is 1. The molecule has 0 aromatic heterocycles. The van der Waals surface area contributed by atoms with Gasteiger partial charge >= 0.3 is 5.97 Å². The van der Waals surface area contributed by atoms with Gasteiger partial charge in [0.25, 0.3) is 5.91 Å². The van der Waals surface area contributed by atoms with E-state index in [1.807, 2.05) is 25.7 Å². The molecule has 1 aromatic carbocycles. The fourth-order valence-corrected chi connectivity index (χ4v) is 2.85. The summed E-state index contributed by atoms with van der Waals surface area (Å²) in [6.07, 6.45) is 7.41. The van der Waals surface area contributed by atoms with Gasteiger partial charge in [0.2, 0.25) is 0 Å². The van der Waals surface area contributed by atoms with Crippen molar-refractivity contribution in [2.45, 2.75) is 45.6 Å². The van der Waals surface area contributed by atoms with Gasteiger partial charge in [-0.3, -0.25) is 9.59 Å². The highest BCUT2D eigenvalue weighted by molar-refractivity contribution is 5.94. The molecule has 0 aliphatic carbocycles. The van der Waals surface area contributed by atoms with E-state index in [0.717, 1.165) is 18.4 Å². The van der Waals surface area contributed by atoms with Gasteiger partial charge in [-0.1, -0.05) is 5.92 Å². The van der Waals surface area contributed by atoms with Crippen LogP contribution in [0.4, 0.5) is 0 Å². The number of hydrogen-bond acceptors (Lipinski definition) is 3. The molecular formula is C20H25NO3. The molecule has 1 amide bonds. The van der Waals surface area contributed by atoms with Crippen LogP contribution in [0, 0.1) is 18.3 Å². The number of nitrogens with zero attached hydrogens (tertiary/aromatic N) is 1. The third kappa shape index (κ3) is 5.13. The smallest absolute Gasteiger partial charge is 0.306 e. The van der Waals surface area contributed by atoms with E-state index < -0.39 is 5.60 Å². The van der Waals surface area contributed by atoms with Crippen molar-refractivity contribution in [1.82, 2.24) is 4.90 Å². The Hall–Kier alpha value is -2.28. The van der Waals surface area contributed by atoms with Gasteiger partial charge in [0.05, 0.1) is 0 Å². The molecule has 1 aromatic rings. The summed E-state index contributed by atoms with van der Waals surface area (Å²) in [5, 5.41) is 0. The first kappa shape index (κ1) is 18.1. The molecule has 0 bridgehead atoms. The molecule has 0 unspecified atom stereocenters. The normalized spacial score (nSPS) is 15.7. The lowest BCUT2D eigenvalue weighted by Crippen LogP contribution is -2.39. The first-order valence-corrected chi connectivity index (χ1v) is 8.36. The standard InChI is InChI=1S/C20H25NO3/c1-5-15-6-8-17(9-7-15)19(23)21-12-10-16(11-13-21)14-18(22)24-20(2,3)4/h1,6-9,16H,10-14H2,2-4H3. The summed E-state index contributed by atoms with van der Waals surface area (Å²) in [7, 11) is 0. The Labute approximate surface area is 144 Å². The second-order valence-electron chi connectivity index (χ2n) is 7.25. The summed E-state index contributed by atoms with van der Waals surface area (Å²) in [5.74, 6) is 2.70. The highest BCUT2D eigenvalue weighted by Crippen LogP contribution is 2.23. The minimum atomic E-state index is -0.446. The minimum absolute atomic E-state index is 0.0225. The Morgan fingerprint density at radius 1 is 1.21 bits per heavy atom. The van der Waals surface area contributed by atoms with Crippen molar-refractivity contribution in [3.05, 3.63) is 35.4 Å². The quantitative estimate of drug-likeness (QED) is 0.632. The van der Waals surface area contributed by atoms with E-state index in [9.17, 15) is 9.59 Å². The van der Waals surface area contributed by atoms with E-state index in [4.69, 9.17) is 11.2 Å². The lowest BCUT2D eigenvalue weighted by molar-refractivity contribution is -0.156. The monoisotopic (exact) mass is 327 g/mol. The first-order chi connectivity index (χ1) is 11.3. The van der Waals surface area contributed by atoms with E-state index in [1.54, 1.807) is 24.3 Å². The molecule has 0 saturated carbocycles. The van der Waals surface area contributed by atoms with Crippen molar-refractivity contribution in [3.8, 4) is 12.3 Å². The molecule has 1 aliphatic rings. The molecule has 0 radical (unpaired) electrons. The van der Waals surface area contributed by atoms with Crippen LogP contribution in [0.25, 0.3) is 0 Å². The second kappa shape index (κ2) is 7.53. The average Bonchev–Trinajstić information content (AvgIpc) is 2.53. The van der Waals surface area contributed by atoms with Gasteiger partial charge in [0.15, 0.2) is 0 Å². The van der Waals surface area contributed by atoms with E-state index in [2.05, 4.69) is 5.92 Å². The fourth-order valence-electron chi connectivity index (χ4n) is 2.85. The Morgan fingerprint density at radius 3 is 2.29 bits per heavy atom. The van der Waals surface area contributed by atoms with E-state index >= 15 is 0 Å². The topological polar surface area (TPSA) is 46.6 Å². The van der Waals surface area contributed by atoms with Gasteiger partial charge in [-0.05, 0) is 63.8 Å². The Morgan fingerprint density at radius 2 is 1.79 bits per heavy atom. The Balaban J connectivity index is 1.84. The van der Waals surface area contributed by atoms with E-state index in [-0.39, 0.29) is 17.8 Å². The molecule has 1 saturated heterocycles. The van der Waals surface area contributed by atoms with Crippen molar-refractivity contribution in [3.63, 3.8) is 0 Å². The molecule has 1 heterocycles. The highest BCUT2D eigenvalue weighted by atomic mass is 16.6. The van der Waals surface area contributed by atoms with Crippen molar-refractivity contribution < 1.29 is 14.3 Å². The summed E-state index contributed by atoms with van der Waals surface area (Å²) in [5.41, 5.74) is 0.973. The fraction of sp³-hybridized carbons (Fsp3) is 0.500. The maximum Gasteiger partial charge on any atom is 0.306 e. The highest BCUT2D eigenvalue weighted by Gasteiger charge is 2.26. The molecule has 1 aliphatic heterocycles. The summed E-state index contributed by atoms with van der Waals surface area (Å²) in [6.45, 7) is 6.96. The maximum absolute atomic E-state index is 12.5. The number of terminal acetylenes is 1. The summed E-state index contributed by atoms with van der Waals surface area (Å²) < 4.78 is 5.37. The zero-order valence-electron chi connectivity index (χ0n) is 14.7. The average molecular weight is 327 g/mol. The van der Waals surface area contributed by atoms with E-state index in [1.165, 1.54) is 0 Å². The van der Waals surface area contributed by atoms with Gasteiger partial charge in [-0.2, -0.15) is 0 Å². The van der Waals surface area contributed by atoms with Gasteiger partial charge in [-0.15, -0.1) is 6.42 Å². The Kier molecular flexibility index (Phi) is 5.66. The lowest BCUT2D eigenvalue weighted by Gasteiger charge is -2.32. The van der Waals surface area contributed by atoms with Crippen molar-refractivity contribution in [1.29, 1.82) is 0 Å². The summed E-state index contributed by atoms with van der Waals surface area (Å²) in [6, 6.07) is 7.10. The molecular weight excluding hydrogens is 302 g/mol. The molecule has 0 spiro atoms.